The second-order valence-corrected chi connectivity index (χ2v) is 11.0. The summed E-state index contributed by atoms with van der Waals surface area (Å²) in [6, 6.07) is 6.98. The van der Waals surface area contributed by atoms with Crippen LogP contribution in [0.5, 0.6) is 0 Å². The fourth-order valence-corrected chi connectivity index (χ4v) is 7.25. The topological polar surface area (TPSA) is 99.6 Å². The van der Waals surface area contributed by atoms with E-state index in [1.165, 1.54) is 0 Å². The first-order valence-corrected chi connectivity index (χ1v) is 14.8. The Morgan fingerprint density at radius 3 is 2.38 bits per heavy atom. The molecule has 4 rings (SSSR count). The molecule has 3 aliphatic heterocycles. The van der Waals surface area contributed by atoms with Gasteiger partial charge in [0.25, 0.3) is 5.91 Å². The van der Waals surface area contributed by atoms with Gasteiger partial charge < -0.3 is 29.3 Å². The maximum Gasteiger partial charge on any atom is 0.312 e. The van der Waals surface area contributed by atoms with Crippen LogP contribution in [0.2, 0.25) is 0 Å². The van der Waals surface area contributed by atoms with Crippen molar-refractivity contribution in [2.45, 2.75) is 77.0 Å². The van der Waals surface area contributed by atoms with Gasteiger partial charge in [-0.05, 0) is 77.1 Å². The van der Waals surface area contributed by atoms with Crippen LogP contribution < -0.4 is 9.80 Å². The Balaban J connectivity index is 1.76. The van der Waals surface area contributed by atoms with Crippen molar-refractivity contribution >= 4 is 29.2 Å². The molecule has 3 aliphatic rings. The van der Waals surface area contributed by atoms with Gasteiger partial charge in [0.1, 0.15) is 17.6 Å². The van der Waals surface area contributed by atoms with Gasteiger partial charge in [-0.3, -0.25) is 14.4 Å². The maximum atomic E-state index is 14.6. The number of esters is 1. The number of nitrogens with zero attached hydrogens (tertiary/aromatic N) is 3. The Morgan fingerprint density at radius 1 is 1.12 bits per heavy atom. The third-order valence-electron chi connectivity index (χ3n) is 9.13. The number of unbranched alkanes of at least 4 members (excludes halogenated alkanes) is 1. The Hall–Kier alpha value is -2.91. The van der Waals surface area contributed by atoms with Crippen LogP contribution in [0.15, 0.2) is 36.9 Å². The monoisotopic (exact) mass is 555 g/mol. The molecule has 1 N–H and O–H groups in total. The zero-order valence-corrected chi connectivity index (χ0v) is 24.4. The highest BCUT2D eigenvalue weighted by Crippen LogP contribution is 2.64. The van der Waals surface area contributed by atoms with Gasteiger partial charge in [-0.1, -0.05) is 13.0 Å². The number of carbonyl (C=O) groups excluding carboxylic acids is 3. The molecular weight excluding hydrogens is 510 g/mol. The number of ether oxygens (including phenoxy) is 2. The highest BCUT2D eigenvalue weighted by Gasteiger charge is 2.79. The molecule has 0 aromatic heterocycles. The number of rotatable bonds is 14. The molecule has 3 fully saturated rings. The standard InChI is InChI=1S/C31H45N3O6/c1-6-19-33(23-15-13-22(14-16-23)32(8-3)9-4)28(37)26-31-18-17-30(7-2,40-31)25(29(38)39-10-5)24(31)27(36)34(26)20-11-12-21-35/h6,13-16,24-26,35H,1,7-12,17-21H2,2-5H3/t24-,25-,26?,30+,31?/m0/s1. The molecule has 1 aromatic rings. The highest BCUT2D eigenvalue weighted by atomic mass is 16.6. The van der Waals surface area contributed by atoms with Gasteiger partial charge in [-0.25, -0.2) is 0 Å². The Bertz CT molecular complexity index is 1090. The molecule has 3 saturated heterocycles. The second kappa shape index (κ2) is 12.3. The Labute approximate surface area is 238 Å². The van der Waals surface area contributed by atoms with Crippen molar-refractivity contribution in [1.29, 1.82) is 0 Å². The van der Waals surface area contributed by atoms with Gasteiger partial charge in [0.15, 0.2) is 0 Å². The fraction of sp³-hybridized carbons (Fsp3) is 0.645. The number of likely N-dealkylation sites (tertiary alicyclic amines) is 1. The lowest BCUT2D eigenvalue weighted by Crippen LogP contribution is -2.56. The highest BCUT2D eigenvalue weighted by molar-refractivity contribution is 6.05. The molecule has 2 bridgehead atoms. The van der Waals surface area contributed by atoms with Crippen LogP contribution in [-0.4, -0.2) is 84.4 Å². The lowest BCUT2D eigenvalue weighted by Gasteiger charge is -2.37. The van der Waals surface area contributed by atoms with Crippen molar-refractivity contribution in [2.75, 3.05) is 49.2 Å². The average Bonchev–Trinajstić information content (AvgIpc) is 3.56. The van der Waals surface area contributed by atoms with E-state index in [1.807, 2.05) is 31.2 Å². The molecular formula is C31H45N3O6. The molecule has 1 aromatic carbocycles. The van der Waals surface area contributed by atoms with E-state index in [9.17, 15) is 19.5 Å². The summed E-state index contributed by atoms with van der Waals surface area (Å²) in [5, 5.41) is 9.41. The van der Waals surface area contributed by atoms with Crippen LogP contribution >= 0.6 is 0 Å². The van der Waals surface area contributed by atoms with Crippen LogP contribution in [0, 0.1) is 11.8 Å². The van der Waals surface area contributed by atoms with E-state index < -0.39 is 35.0 Å². The lowest BCUT2D eigenvalue weighted by molar-refractivity contribution is -0.160. The molecule has 0 saturated carbocycles. The number of benzene rings is 1. The van der Waals surface area contributed by atoms with Crippen LogP contribution in [0.3, 0.4) is 0 Å². The number of aliphatic hydroxyl groups excluding tert-OH is 1. The summed E-state index contributed by atoms with van der Waals surface area (Å²) in [4.78, 5) is 47.6. The van der Waals surface area contributed by atoms with Gasteiger partial charge >= 0.3 is 5.97 Å². The van der Waals surface area contributed by atoms with E-state index in [0.717, 1.165) is 18.8 Å². The van der Waals surface area contributed by atoms with E-state index in [4.69, 9.17) is 9.47 Å². The minimum absolute atomic E-state index is 0.00239. The number of hydrogen-bond donors (Lipinski definition) is 1. The molecule has 220 valence electrons. The van der Waals surface area contributed by atoms with Crippen molar-refractivity contribution in [3.05, 3.63) is 36.9 Å². The fourth-order valence-electron chi connectivity index (χ4n) is 7.25. The molecule has 0 aliphatic carbocycles. The summed E-state index contributed by atoms with van der Waals surface area (Å²) in [5.74, 6) is -2.44. The molecule has 9 heteroatoms. The first-order chi connectivity index (χ1) is 19.3. The summed E-state index contributed by atoms with van der Waals surface area (Å²) in [7, 11) is 0. The van der Waals surface area contributed by atoms with E-state index in [-0.39, 0.29) is 31.6 Å². The molecule has 0 radical (unpaired) electrons. The van der Waals surface area contributed by atoms with E-state index in [1.54, 1.807) is 22.8 Å². The number of anilines is 2. The quantitative estimate of drug-likeness (QED) is 0.213. The number of amides is 2. The van der Waals surface area contributed by atoms with Gasteiger partial charge in [0.05, 0.1) is 18.1 Å². The first-order valence-electron chi connectivity index (χ1n) is 14.8. The Kier molecular flexibility index (Phi) is 9.25. The summed E-state index contributed by atoms with van der Waals surface area (Å²) in [6.45, 7) is 14.3. The number of aliphatic hydroxyl groups is 1. The Morgan fingerprint density at radius 2 is 1.80 bits per heavy atom. The predicted molar refractivity (Wildman–Crippen MR) is 154 cm³/mol. The summed E-state index contributed by atoms with van der Waals surface area (Å²) in [5.41, 5.74) is -0.152. The molecule has 2 unspecified atom stereocenters. The largest absolute Gasteiger partial charge is 0.466 e. The van der Waals surface area contributed by atoms with Crippen molar-refractivity contribution in [2.24, 2.45) is 11.8 Å². The van der Waals surface area contributed by atoms with Crippen molar-refractivity contribution in [3.8, 4) is 0 Å². The van der Waals surface area contributed by atoms with Crippen molar-refractivity contribution in [1.82, 2.24) is 4.90 Å². The maximum absolute atomic E-state index is 14.6. The average molecular weight is 556 g/mol. The molecule has 40 heavy (non-hydrogen) atoms. The minimum atomic E-state index is -1.11. The third kappa shape index (κ3) is 4.81. The molecule has 9 nitrogen and oxygen atoms in total. The zero-order chi connectivity index (χ0) is 29.1. The third-order valence-corrected chi connectivity index (χ3v) is 9.13. The zero-order valence-electron chi connectivity index (χ0n) is 24.4. The predicted octanol–water partition coefficient (Wildman–Crippen LogP) is 3.54. The first kappa shape index (κ1) is 30.1. The van der Waals surface area contributed by atoms with Gasteiger partial charge in [-0.15, -0.1) is 6.58 Å². The van der Waals surface area contributed by atoms with Crippen molar-refractivity contribution < 1.29 is 29.0 Å². The van der Waals surface area contributed by atoms with Gasteiger partial charge in [0, 0.05) is 44.2 Å². The lowest BCUT2D eigenvalue weighted by atomic mass is 9.65. The summed E-state index contributed by atoms with van der Waals surface area (Å²) in [6.07, 6.45) is 4.38. The molecule has 1 spiro atoms. The second-order valence-electron chi connectivity index (χ2n) is 11.0. The van der Waals surface area contributed by atoms with Crippen LogP contribution in [0.25, 0.3) is 0 Å². The van der Waals surface area contributed by atoms with Gasteiger partial charge in [-0.2, -0.15) is 0 Å². The molecule has 5 atom stereocenters. The normalized spacial score (nSPS) is 28.5. The minimum Gasteiger partial charge on any atom is -0.466 e. The van der Waals surface area contributed by atoms with Crippen molar-refractivity contribution in [3.63, 3.8) is 0 Å². The van der Waals surface area contributed by atoms with E-state index >= 15 is 0 Å². The SMILES string of the molecule is C=CCN(C(=O)C1N(CCCCO)C(=O)[C@@H]2[C@@H](C(=O)OCC)[C@@]3(CC)CCC12O3)c1ccc(N(CC)CC)cc1. The van der Waals surface area contributed by atoms with E-state index in [2.05, 4.69) is 25.3 Å². The summed E-state index contributed by atoms with van der Waals surface area (Å²) >= 11 is 0. The number of hydrogen-bond acceptors (Lipinski definition) is 7. The molecule has 3 heterocycles. The van der Waals surface area contributed by atoms with Gasteiger partial charge in [0.2, 0.25) is 5.91 Å². The van der Waals surface area contributed by atoms with Crippen LogP contribution in [-0.2, 0) is 23.9 Å². The van der Waals surface area contributed by atoms with E-state index in [0.29, 0.717) is 44.3 Å². The van der Waals surface area contributed by atoms with Crippen LogP contribution in [0.4, 0.5) is 11.4 Å². The van der Waals surface area contributed by atoms with Crippen LogP contribution in [0.1, 0.15) is 59.8 Å². The molecule has 2 amide bonds. The number of fused-ring (bicyclic) bond motifs is 1. The summed E-state index contributed by atoms with van der Waals surface area (Å²) < 4.78 is 12.2. The number of carbonyl (C=O) groups is 3. The smallest absolute Gasteiger partial charge is 0.312 e.